The van der Waals surface area contributed by atoms with E-state index in [-0.39, 0.29) is 18.9 Å². The zero-order valence-corrected chi connectivity index (χ0v) is 12.5. The molecular formula is C12H14BrNO4S. The van der Waals surface area contributed by atoms with Gasteiger partial charge in [-0.2, -0.15) is 0 Å². The molecule has 0 radical (unpaired) electrons. The van der Waals surface area contributed by atoms with Gasteiger partial charge in [-0.1, -0.05) is 15.9 Å². The molecule has 0 saturated carbocycles. The maximum atomic E-state index is 11.9. The Balaban J connectivity index is 2.29. The van der Waals surface area contributed by atoms with Crippen LogP contribution >= 0.6 is 15.9 Å². The van der Waals surface area contributed by atoms with Crippen LogP contribution in [0.5, 0.6) is 0 Å². The minimum atomic E-state index is -1.14. The summed E-state index contributed by atoms with van der Waals surface area (Å²) in [7, 11) is -1.14. The van der Waals surface area contributed by atoms with Gasteiger partial charge in [-0.25, -0.2) is 0 Å². The van der Waals surface area contributed by atoms with Crippen LogP contribution < -0.4 is 5.32 Å². The Morgan fingerprint density at radius 3 is 2.47 bits per heavy atom. The second-order valence-corrected chi connectivity index (χ2v) is 6.26. The number of benzene rings is 1. The topological polar surface area (TPSA) is 83.5 Å². The molecule has 7 heteroatoms. The van der Waals surface area contributed by atoms with Crippen LogP contribution in [-0.2, 0) is 20.4 Å². The Kier molecular flexibility index (Phi) is 6.72. The molecule has 5 nitrogen and oxygen atoms in total. The zero-order valence-electron chi connectivity index (χ0n) is 10.1. The van der Waals surface area contributed by atoms with Crippen molar-refractivity contribution in [2.24, 2.45) is 0 Å². The van der Waals surface area contributed by atoms with Gasteiger partial charge in [-0.15, -0.1) is 0 Å². The first-order valence-electron chi connectivity index (χ1n) is 5.61. The summed E-state index contributed by atoms with van der Waals surface area (Å²) < 4.78 is 12.8. The highest BCUT2D eigenvalue weighted by Gasteiger charge is 2.07. The number of hydrogen-bond donors (Lipinski definition) is 2. The van der Waals surface area contributed by atoms with Crippen molar-refractivity contribution in [2.45, 2.75) is 17.7 Å². The molecule has 1 atom stereocenters. The largest absolute Gasteiger partial charge is 0.480 e. The first-order valence-corrected chi connectivity index (χ1v) is 7.72. The van der Waals surface area contributed by atoms with Gasteiger partial charge in [0.1, 0.15) is 6.54 Å². The SMILES string of the molecule is O=C(O)CNC(=O)CCCS(=O)c1ccc(Br)cc1. The van der Waals surface area contributed by atoms with Crippen LogP contribution in [0.25, 0.3) is 0 Å². The highest BCUT2D eigenvalue weighted by Crippen LogP contribution is 2.14. The lowest BCUT2D eigenvalue weighted by Gasteiger charge is -2.03. The van der Waals surface area contributed by atoms with E-state index in [0.29, 0.717) is 17.1 Å². The molecule has 0 heterocycles. The fourth-order valence-corrected chi connectivity index (χ4v) is 2.68. The lowest BCUT2D eigenvalue weighted by atomic mass is 10.3. The summed E-state index contributed by atoms with van der Waals surface area (Å²) in [5.74, 6) is -1.04. The van der Waals surface area contributed by atoms with E-state index in [4.69, 9.17) is 5.11 Å². The number of carboxylic acids is 1. The average molecular weight is 348 g/mol. The second-order valence-electron chi connectivity index (χ2n) is 3.78. The van der Waals surface area contributed by atoms with Gasteiger partial charge in [0.2, 0.25) is 5.91 Å². The van der Waals surface area contributed by atoms with Crippen LogP contribution in [0, 0.1) is 0 Å². The van der Waals surface area contributed by atoms with Crippen molar-refractivity contribution in [3.63, 3.8) is 0 Å². The summed E-state index contributed by atoms with van der Waals surface area (Å²) in [4.78, 5) is 22.2. The van der Waals surface area contributed by atoms with Gasteiger partial charge < -0.3 is 10.4 Å². The number of carboxylic acid groups (broad SMARTS) is 1. The zero-order chi connectivity index (χ0) is 14.3. The van der Waals surface area contributed by atoms with Gasteiger partial charge in [-0.3, -0.25) is 13.8 Å². The predicted molar refractivity (Wildman–Crippen MR) is 75.3 cm³/mol. The predicted octanol–water partition coefficient (Wildman–Crippen LogP) is 1.54. The number of aliphatic carboxylic acids is 1. The number of carbonyl (C=O) groups excluding carboxylic acids is 1. The summed E-state index contributed by atoms with van der Waals surface area (Å²) >= 11 is 3.30. The van der Waals surface area contributed by atoms with Gasteiger partial charge in [0.15, 0.2) is 0 Å². The highest BCUT2D eigenvalue weighted by atomic mass is 79.9. The number of hydrogen-bond acceptors (Lipinski definition) is 3. The standard InChI is InChI=1S/C12H14BrNO4S/c13-9-3-5-10(6-4-9)19(18)7-1-2-11(15)14-8-12(16)17/h3-6H,1-2,7-8H2,(H,14,15)(H,16,17). The molecule has 104 valence electrons. The van der Waals surface area contributed by atoms with Crippen LogP contribution in [0.2, 0.25) is 0 Å². The smallest absolute Gasteiger partial charge is 0.322 e. The molecule has 1 rings (SSSR count). The fourth-order valence-electron chi connectivity index (χ4n) is 1.33. The average Bonchev–Trinajstić information content (AvgIpc) is 2.37. The lowest BCUT2D eigenvalue weighted by molar-refractivity contribution is -0.137. The quantitative estimate of drug-likeness (QED) is 0.783. The summed E-state index contributed by atoms with van der Waals surface area (Å²) in [5, 5.41) is 10.6. The molecule has 0 saturated heterocycles. The molecule has 19 heavy (non-hydrogen) atoms. The van der Waals surface area contributed by atoms with E-state index in [1.54, 1.807) is 12.1 Å². The lowest BCUT2D eigenvalue weighted by Crippen LogP contribution is -2.29. The molecule has 2 N–H and O–H groups in total. The normalized spacial score (nSPS) is 11.8. The van der Waals surface area contributed by atoms with Crippen molar-refractivity contribution >= 4 is 38.6 Å². The number of rotatable bonds is 7. The summed E-state index contributed by atoms with van der Waals surface area (Å²) in [5.41, 5.74) is 0. The maximum absolute atomic E-state index is 11.9. The van der Waals surface area contributed by atoms with Crippen molar-refractivity contribution in [3.05, 3.63) is 28.7 Å². The molecule has 1 unspecified atom stereocenters. The third-order valence-corrected chi connectivity index (χ3v) is 4.23. The maximum Gasteiger partial charge on any atom is 0.322 e. The molecule has 0 aliphatic rings. The highest BCUT2D eigenvalue weighted by molar-refractivity contribution is 9.10. The molecule has 1 amide bonds. The summed E-state index contributed by atoms with van der Waals surface area (Å²) in [6.45, 7) is -0.380. The third kappa shape index (κ3) is 6.49. The van der Waals surface area contributed by atoms with E-state index >= 15 is 0 Å². The second kappa shape index (κ2) is 8.06. The van der Waals surface area contributed by atoms with Crippen molar-refractivity contribution < 1.29 is 18.9 Å². The number of carbonyl (C=O) groups is 2. The van der Waals surface area contributed by atoms with Gasteiger partial charge in [0.05, 0.1) is 10.8 Å². The van der Waals surface area contributed by atoms with Crippen molar-refractivity contribution in [1.29, 1.82) is 0 Å². The minimum Gasteiger partial charge on any atom is -0.480 e. The van der Waals surface area contributed by atoms with Crippen LogP contribution in [-0.4, -0.2) is 33.5 Å². The Bertz CT molecular complexity index is 475. The Morgan fingerprint density at radius 2 is 1.89 bits per heavy atom. The number of nitrogens with one attached hydrogen (secondary N) is 1. The van der Waals surface area contributed by atoms with E-state index in [1.165, 1.54) is 0 Å². The van der Waals surface area contributed by atoms with E-state index in [2.05, 4.69) is 21.2 Å². The third-order valence-electron chi connectivity index (χ3n) is 2.25. The van der Waals surface area contributed by atoms with Gasteiger partial charge in [-0.05, 0) is 30.7 Å². The molecule has 0 aliphatic heterocycles. The van der Waals surface area contributed by atoms with Gasteiger partial charge >= 0.3 is 5.97 Å². The molecular weight excluding hydrogens is 334 g/mol. The van der Waals surface area contributed by atoms with Crippen molar-refractivity contribution in [2.75, 3.05) is 12.3 Å². The van der Waals surface area contributed by atoms with E-state index in [0.717, 1.165) is 4.47 Å². The number of halogens is 1. The van der Waals surface area contributed by atoms with Gasteiger partial charge in [0, 0.05) is 21.5 Å². The van der Waals surface area contributed by atoms with Crippen LogP contribution in [0.15, 0.2) is 33.6 Å². The van der Waals surface area contributed by atoms with Crippen LogP contribution in [0.1, 0.15) is 12.8 Å². The molecule has 1 aromatic carbocycles. The Morgan fingerprint density at radius 1 is 1.26 bits per heavy atom. The molecule has 0 aromatic heterocycles. The van der Waals surface area contributed by atoms with E-state index in [9.17, 15) is 13.8 Å². The monoisotopic (exact) mass is 347 g/mol. The first-order chi connectivity index (χ1) is 8.99. The number of amides is 1. The van der Waals surface area contributed by atoms with Crippen molar-refractivity contribution in [3.8, 4) is 0 Å². The Hall–Kier alpha value is -1.21. The van der Waals surface area contributed by atoms with E-state index in [1.807, 2.05) is 12.1 Å². The molecule has 0 bridgehead atoms. The van der Waals surface area contributed by atoms with Crippen LogP contribution in [0.3, 0.4) is 0 Å². The van der Waals surface area contributed by atoms with Crippen LogP contribution in [0.4, 0.5) is 0 Å². The summed E-state index contributed by atoms with van der Waals surface area (Å²) in [6.07, 6.45) is 0.629. The molecule has 0 fully saturated rings. The van der Waals surface area contributed by atoms with E-state index < -0.39 is 16.8 Å². The fraction of sp³-hybridized carbons (Fsp3) is 0.333. The molecule has 0 spiro atoms. The Labute approximate surface area is 122 Å². The van der Waals surface area contributed by atoms with Crippen molar-refractivity contribution in [1.82, 2.24) is 5.32 Å². The molecule has 1 aromatic rings. The summed E-state index contributed by atoms with van der Waals surface area (Å²) in [6, 6.07) is 7.16. The van der Waals surface area contributed by atoms with Gasteiger partial charge in [0.25, 0.3) is 0 Å². The first kappa shape index (κ1) is 15.8. The minimum absolute atomic E-state index is 0.176. The molecule has 0 aliphatic carbocycles.